The molecule has 0 aromatic heterocycles. The molecule has 126 valence electrons. The molecule has 0 spiro atoms. The topological polar surface area (TPSA) is 35.9 Å². The highest BCUT2D eigenvalue weighted by molar-refractivity contribution is 8.26. The number of hydrogen-bond acceptors (Lipinski definition) is 5. The summed E-state index contributed by atoms with van der Waals surface area (Å²) in [6.07, 6.45) is 3.48. The highest BCUT2D eigenvalue weighted by Gasteiger charge is 2.31. The number of carbonyl (C=O) groups excluding carboxylic acids is 1. The fraction of sp³-hybridized carbons (Fsp3) is 0.105. The third kappa shape index (κ3) is 4.15. The van der Waals surface area contributed by atoms with Gasteiger partial charge in [-0.2, -0.15) is 10.1 Å². The maximum Gasteiger partial charge on any atom is 0.286 e. The largest absolute Gasteiger partial charge is 0.378 e. The van der Waals surface area contributed by atoms with Crippen molar-refractivity contribution in [2.24, 2.45) is 5.10 Å². The van der Waals surface area contributed by atoms with Crippen molar-refractivity contribution in [1.82, 2.24) is 5.01 Å². The van der Waals surface area contributed by atoms with E-state index < -0.39 is 0 Å². The van der Waals surface area contributed by atoms with Gasteiger partial charge in [-0.15, -0.1) is 0 Å². The van der Waals surface area contributed by atoms with Gasteiger partial charge in [-0.05, 0) is 41.6 Å². The first-order valence-electron chi connectivity index (χ1n) is 7.69. The molecular formula is C19H17N3OS2. The molecule has 2 aromatic rings. The van der Waals surface area contributed by atoms with E-state index in [4.69, 9.17) is 12.2 Å². The highest BCUT2D eigenvalue weighted by Crippen LogP contribution is 2.32. The molecule has 25 heavy (non-hydrogen) atoms. The SMILES string of the molecule is CN(C)c1ccc(/C=N/N2C(=O)/C(=C\c3ccccc3)SC2=S)cc1. The van der Waals surface area contributed by atoms with Gasteiger partial charge in [0.1, 0.15) is 0 Å². The van der Waals surface area contributed by atoms with Crippen LogP contribution in [0.4, 0.5) is 5.69 Å². The number of anilines is 1. The van der Waals surface area contributed by atoms with Crippen LogP contribution in [0, 0.1) is 0 Å². The average Bonchev–Trinajstić information content (AvgIpc) is 2.88. The Bertz CT molecular complexity index is 843. The minimum absolute atomic E-state index is 0.194. The molecule has 2 aromatic carbocycles. The van der Waals surface area contributed by atoms with Crippen molar-refractivity contribution < 1.29 is 4.79 Å². The van der Waals surface area contributed by atoms with Crippen LogP contribution in [-0.2, 0) is 4.79 Å². The third-order valence-corrected chi connectivity index (χ3v) is 4.89. The quantitative estimate of drug-likeness (QED) is 0.465. The third-order valence-electron chi connectivity index (χ3n) is 3.60. The number of carbonyl (C=O) groups is 1. The Labute approximate surface area is 156 Å². The first-order chi connectivity index (χ1) is 12.0. The molecule has 0 N–H and O–H groups in total. The minimum atomic E-state index is -0.194. The highest BCUT2D eigenvalue weighted by atomic mass is 32.2. The zero-order valence-electron chi connectivity index (χ0n) is 13.9. The summed E-state index contributed by atoms with van der Waals surface area (Å²) in [5, 5.41) is 5.54. The van der Waals surface area contributed by atoms with Gasteiger partial charge in [0.05, 0.1) is 11.1 Å². The van der Waals surface area contributed by atoms with Gasteiger partial charge < -0.3 is 4.90 Å². The molecule has 0 unspecified atom stereocenters. The van der Waals surface area contributed by atoms with Crippen LogP contribution < -0.4 is 4.90 Å². The Morgan fingerprint density at radius 1 is 1.04 bits per heavy atom. The van der Waals surface area contributed by atoms with Gasteiger partial charge in [0.2, 0.25) is 0 Å². The van der Waals surface area contributed by atoms with Gasteiger partial charge in [-0.1, -0.05) is 54.2 Å². The average molecular weight is 367 g/mol. The predicted molar refractivity (Wildman–Crippen MR) is 110 cm³/mol. The monoisotopic (exact) mass is 367 g/mol. The molecule has 1 heterocycles. The zero-order valence-corrected chi connectivity index (χ0v) is 15.6. The molecule has 1 aliphatic rings. The normalized spacial score (nSPS) is 16.2. The minimum Gasteiger partial charge on any atom is -0.378 e. The van der Waals surface area contributed by atoms with Crippen molar-refractivity contribution in [3.05, 3.63) is 70.6 Å². The number of thiocarbonyl (C=S) groups is 1. The number of thioether (sulfide) groups is 1. The van der Waals surface area contributed by atoms with E-state index in [9.17, 15) is 4.79 Å². The molecule has 1 amide bonds. The van der Waals surface area contributed by atoms with Crippen LogP contribution in [0.3, 0.4) is 0 Å². The summed E-state index contributed by atoms with van der Waals surface area (Å²) in [6, 6.07) is 17.6. The van der Waals surface area contributed by atoms with Gasteiger partial charge >= 0.3 is 0 Å². The second-order valence-corrected chi connectivity index (χ2v) is 7.31. The first-order valence-corrected chi connectivity index (χ1v) is 8.91. The maximum atomic E-state index is 12.5. The van der Waals surface area contributed by atoms with E-state index in [-0.39, 0.29) is 5.91 Å². The lowest BCUT2D eigenvalue weighted by Crippen LogP contribution is -2.22. The van der Waals surface area contributed by atoms with E-state index in [0.717, 1.165) is 16.8 Å². The van der Waals surface area contributed by atoms with E-state index in [2.05, 4.69) is 5.10 Å². The first kappa shape index (κ1) is 17.4. The summed E-state index contributed by atoms with van der Waals surface area (Å²) in [6.45, 7) is 0. The van der Waals surface area contributed by atoms with Crippen LogP contribution in [-0.4, -0.2) is 35.5 Å². The molecule has 1 aliphatic heterocycles. The van der Waals surface area contributed by atoms with E-state index in [1.165, 1.54) is 16.8 Å². The van der Waals surface area contributed by atoms with Crippen molar-refractivity contribution in [3.63, 3.8) is 0 Å². The summed E-state index contributed by atoms with van der Waals surface area (Å²) < 4.78 is 0.438. The van der Waals surface area contributed by atoms with Crippen LogP contribution in [0.2, 0.25) is 0 Å². The molecule has 1 fully saturated rings. The van der Waals surface area contributed by atoms with Gasteiger partial charge in [0, 0.05) is 19.8 Å². The molecule has 4 nitrogen and oxygen atoms in total. The van der Waals surface area contributed by atoms with Crippen molar-refractivity contribution in [1.29, 1.82) is 0 Å². The second-order valence-electron chi connectivity index (χ2n) is 5.63. The van der Waals surface area contributed by atoms with E-state index >= 15 is 0 Å². The standard InChI is InChI=1S/C19H17N3OS2/c1-21(2)16-10-8-15(9-11-16)13-20-22-18(23)17(25-19(22)24)12-14-6-4-3-5-7-14/h3-13H,1-2H3/b17-12+,20-13+. The van der Waals surface area contributed by atoms with Gasteiger partial charge in [-0.3, -0.25) is 4.79 Å². The Morgan fingerprint density at radius 3 is 2.36 bits per heavy atom. The molecule has 1 saturated heterocycles. The number of benzene rings is 2. The van der Waals surface area contributed by atoms with E-state index in [1.54, 1.807) is 6.21 Å². The molecule has 3 rings (SSSR count). The smallest absolute Gasteiger partial charge is 0.286 e. The fourth-order valence-electron chi connectivity index (χ4n) is 2.24. The summed E-state index contributed by atoms with van der Waals surface area (Å²) in [7, 11) is 3.98. The van der Waals surface area contributed by atoms with Gasteiger partial charge in [0.25, 0.3) is 5.91 Å². The summed E-state index contributed by atoms with van der Waals surface area (Å²) in [4.78, 5) is 15.1. The molecule has 6 heteroatoms. The molecule has 0 atom stereocenters. The van der Waals surface area contributed by atoms with Crippen molar-refractivity contribution in [3.8, 4) is 0 Å². The number of hydrogen-bond donors (Lipinski definition) is 0. The summed E-state index contributed by atoms with van der Waals surface area (Å²) in [5.41, 5.74) is 2.98. The fourth-order valence-corrected chi connectivity index (χ4v) is 3.42. The second kappa shape index (κ2) is 7.63. The van der Waals surface area contributed by atoms with Crippen molar-refractivity contribution in [2.75, 3.05) is 19.0 Å². The molecular weight excluding hydrogens is 350 g/mol. The van der Waals surface area contributed by atoms with Crippen molar-refractivity contribution >= 4 is 52.2 Å². The number of amides is 1. The number of hydrazone groups is 1. The summed E-state index contributed by atoms with van der Waals surface area (Å²) >= 11 is 6.55. The zero-order chi connectivity index (χ0) is 17.8. The Morgan fingerprint density at radius 2 is 1.72 bits per heavy atom. The number of nitrogens with zero attached hydrogens (tertiary/aromatic N) is 3. The lowest BCUT2D eigenvalue weighted by Gasteiger charge is -2.12. The molecule has 0 radical (unpaired) electrons. The predicted octanol–water partition coefficient (Wildman–Crippen LogP) is 3.99. The Hall–Kier alpha value is -2.44. The number of rotatable bonds is 4. The van der Waals surface area contributed by atoms with Crippen LogP contribution in [0.15, 0.2) is 64.6 Å². The van der Waals surface area contributed by atoms with Crippen LogP contribution in [0.25, 0.3) is 6.08 Å². The van der Waals surface area contributed by atoms with E-state index in [0.29, 0.717) is 9.23 Å². The Kier molecular flexibility index (Phi) is 5.31. The van der Waals surface area contributed by atoms with Gasteiger partial charge in [-0.25, -0.2) is 0 Å². The lowest BCUT2D eigenvalue weighted by atomic mass is 10.2. The van der Waals surface area contributed by atoms with Gasteiger partial charge in [0.15, 0.2) is 4.32 Å². The Balaban J connectivity index is 1.75. The summed E-state index contributed by atoms with van der Waals surface area (Å²) in [5.74, 6) is -0.194. The molecule has 0 saturated carbocycles. The van der Waals surface area contributed by atoms with E-state index in [1.807, 2.05) is 79.7 Å². The molecule has 0 aliphatic carbocycles. The van der Waals surface area contributed by atoms with Crippen LogP contribution in [0.1, 0.15) is 11.1 Å². The maximum absolute atomic E-state index is 12.5. The van der Waals surface area contributed by atoms with Crippen molar-refractivity contribution in [2.45, 2.75) is 0 Å². The van der Waals surface area contributed by atoms with Crippen LogP contribution in [0.5, 0.6) is 0 Å². The molecule has 0 bridgehead atoms. The van der Waals surface area contributed by atoms with Crippen LogP contribution >= 0.6 is 24.0 Å². The lowest BCUT2D eigenvalue weighted by molar-refractivity contribution is -0.122.